The average molecular weight is 682 g/mol. The fraction of sp³-hybridized carbons (Fsp3) is 0.237. The van der Waals surface area contributed by atoms with Crippen LogP contribution >= 0.6 is 23.2 Å². The van der Waals surface area contributed by atoms with E-state index >= 15 is 19.2 Å². The molecule has 2 heterocycles. The largest absolute Gasteiger partial charge is 0.460 e. The van der Waals surface area contributed by atoms with Gasteiger partial charge in [-0.1, -0.05) is 59.6 Å². The molecule has 0 saturated heterocycles. The predicted molar refractivity (Wildman–Crippen MR) is 181 cm³/mol. The number of ketones is 2. The van der Waals surface area contributed by atoms with Crippen molar-refractivity contribution in [2.75, 3.05) is 10.6 Å². The Hall–Kier alpha value is -4.79. The summed E-state index contributed by atoms with van der Waals surface area (Å²) in [7, 11) is 0. The van der Waals surface area contributed by atoms with Crippen LogP contribution in [0.4, 0.5) is 11.4 Å². The van der Waals surface area contributed by atoms with Crippen LogP contribution in [0.15, 0.2) is 97.1 Å². The maximum atomic E-state index is 15.2. The predicted octanol–water partition coefficient (Wildman–Crippen LogP) is 7.04. The molecular weight excluding hydrogens is 651 g/mol. The van der Waals surface area contributed by atoms with Crippen LogP contribution in [0, 0.1) is 17.8 Å². The van der Waals surface area contributed by atoms with Crippen molar-refractivity contribution >= 4 is 63.9 Å². The van der Waals surface area contributed by atoms with Gasteiger partial charge in [0, 0.05) is 32.5 Å². The summed E-state index contributed by atoms with van der Waals surface area (Å²) >= 11 is 12.4. The minimum Gasteiger partial charge on any atom is -0.460 e. The molecule has 4 aromatic rings. The van der Waals surface area contributed by atoms with Crippen molar-refractivity contribution in [3.05, 3.63) is 129 Å². The topological polar surface area (TPSA) is 119 Å². The average Bonchev–Trinajstić information content (AvgIpc) is 3.62. The van der Waals surface area contributed by atoms with E-state index in [1.54, 1.807) is 69.3 Å². The number of esters is 1. The van der Waals surface area contributed by atoms with Gasteiger partial charge in [0.2, 0.25) is 11.8 Å². The van der Waals surface area contributed by atoms with E-state index in [0.717, 1.165) is 0 Å². The summed E-state index contributed by atoms with van der Waals surface area (Å²) in [6, 6.07) is 25.7. The SMILES string of the molecule is CC(C)(C)OC(=O)C1C(C(=O)c2ccc(Cl)cc2)C2(C(=O)Nc3ccccc32)C2(C(=O)Nc3ccccc32)C1C(=O)c1ccc(Cl)cc1. The monoisotopic (exact) mass is 680 g/mol. The molecule has 7 rings (SSSR count). The first-order chi connectivity index (χ1) is 22.8. The van der Waals surface area contributed by atoms with Gasteiger partial charge in [-0.3, -0.25) is 24.0 Å². The Labute approximate surface area is 286 Å². The lowest BCUT2D eigenvalue weighted by molar-refractivity contribution is -0.162. The highest BCUT2D eigenvalue weighted by Crippen LogP contribution is 2.70. The number of para-hydroxylation sites is 2. The molecule has 48 heavy (non-hydrogen) atoms. The minimum absolute atomic E-state index is 0.149. The molecule has 242 valence electrons. The lowest BCUT2D eigenvalue weighted by Gasteiger charge is -2.42. The van der Waals surface area contributed by atoms with Gasteiger partial charge in [-0.2, -0.15) is 0 Å². The van der Waals surface area contributed by atoms with Crippen LogP contribution in [-0.4, -0.2) is 35.0 Å². The third-order valence-corrected chi connectivity index (χ3v) is 10.2. The summed E-state index contributed by atoms with van der Waals surface area (Å²) in [6.45, 7) is 5.02. The van der Waals surface area contributed by atoms with Gasteiger partial charge in [-0.05, 0) is 92.6 Å². The molecular formula is C38H30Cl2N2O6. The second-order valence-electron chi connectivity index (χ2n) is 13.4. The Morgan fingerprint density at radius 3 is 1.38 bits per heavy atom. The molecule has 8 nitrogen and oxygen atoms in total. The fourth-order valence-electron chi connectivity index (χ4n) is 8.13. The molecule has 3 aliphatic rings. The Morgan fingerprint density at radius 1 is 0.625 bits per heavy atom. The molecule has 2 N–H and O–H groups in total. The molecule has 0 radical (unpaired) electrons. The highest BCUT2D eigenvalue weighted by Gasteiger charge is 2.83. The summed E-state index contributed by atoms with van der Waals surface area (Å²) in [4.78, 5) is 75.1. The molecule has 0 bridgehead atoms. The molecule has 2 amide bonds. The second-order valence-corrected chi connectivity index (χ2v) is 14.2. The Morgan fingerprint density at radius 2 is 1.00 bits per heavy atom. The zero-order chi connectivity index (χ0) is 34.2. The molecule has 0 aromatic heterocycles. The van der Waals surface area contributed by atoms with Gasteiger partial charge in [0.05, 0.1) is 17.8 Å². The molecule has 1 fully saturated rings. The van der Waals surface area contributed by atoms with E-state index in [1.807, 2.05) is 0 Å². The maximum Gasteiger partial charge on any atom is 0.311 e. The third kappa shape index (κ3) is 4.39. The van der Waals surface area contributed by atoms with E-state index in [4.69, 9.17) is 27.9 Å². The number of anilines is 2. The lowest BCUT2D eigenvalue weighted by atomic mass is 9.53. The van der Waals surface area contributed by atoms with Gasteiger partial charge in [0.1, 0.15) is 16.4 Å². The Bertz CT molecular complexity index is 1900. The van der Waals surface area contributed by atoms with Crippen LogP contribution in [0.5, 0.6) is 0 Å². The number of nitrogens with one attached hydrogen (secondary N) is 2. The van der Waals surface area contributed by atoms with Crippen LogP contribution in [-0.2, 0) is 30.0 Å². The van der Waals surface area contributed by atoms with E-state index in [-0.39, 0.29) is 11.1 Å². The minimum atomic E-state index is -2.08. The van der Waals surface area contributed by atoms with E-state index in [0.29, 0.717) is 32.5 Å². The summed E-state index contributed by atoms with van der Waals surface area (Å²) < 4.78 is 6.00. The van der Waals surface area contributed by atoms with Crippen molar-refractivity contribution < 1.29 is 28.7 Å². The number of carbonyl (C=O) groups excluding carboxylic acids is 5. The third-order valence-electron chi connectivity index (χ3n) is 9.69. The van der Waals surface area contributed by atoms with Crippen molar-refractivity contribution in [3.8, 4) is 0 Å². The van der Waals surface area contributed by atoms with Crippen LogP contribution in [0.3, 0.4) is 0 Å². The number of halogens is 2. The first kappa shape index (κ1) is 31.8. The van der Waals surface area contributed by atoms with Gasteiger partial charge >= 0.3 is 5.97 Å². The number of ether oxygens (including phenoxy) is 1. The number of carbonyl (C=O) groups is 5. The standard InChI is InChI=1S/C38H30Cl2N2O6/c1-36(2,3)48-33(45)28-29(31(43)20-12-16-22(39)17-13-20)37(24-8-4-6-10-26(24)41-34(37)46)38(25-9-5-7-11-27(25)42-35(38)47)30(28)32(44)21-14-18-23(40)19-15-21/h4-19,28-30H,1-3H3,(H,41,46)(H,42,47). The van der Waals surface area contributed by atoms with Crippen LogP contribution < -0.4 is 10.6 Å². The quantitative estimate of drug-likeness (QED) is 0.172. The number of amides is 2. The van der Waals surface area contributed by atoms with Crippen molar-refractivity contribution in [2.45, 2.75) is 37.2 Å². The summed E-state index contributed by atoms with van der Waals surface area (Å²) in [6.07, 6.45) is 0. The normalized spacial score (nSPS) is 25.4. The maximum absolute atomic E-state index is 15.2. The van der Waals surface area contributed by atoms with E-state index in [2.05, 4.69) is 10.6 Å². The summed E-state index contributed by atoms with van der Waals surface area (Å²) in [5, 5.41) is 6.58. The zero-order valence-corrected chi connectivity index (χ0v) is 27.7. The van der Waals surface area contributed by atoms with Crippen molar-refractivity contribution in [1.82, 2.24) is 0 Å². The number of Topliss-reactive ketones (excluding diaryl/α,β-unsaturated/α-hetero) is 2. The molecule has 1 saturated carbocycles. The van der Waals surface area contributed by atoms with Crippen LogP contribution in [0.25, 0.3) is 0 Å². The number of hydrogen-bond donors (Lipinski definition) is 2. The molecule has 2 spiro atoms. The zero-order valence-electron chi connectivity index (χ0n) is 26.2. The Balaban J connectivity index is 1.65. The smallest absolute Gasteiger partial charge is 0.311 e. The van der Waals surface area contributed by atoms with Gasteiger partial charge in [-0.15, -0.1) is 0 Å². The fourth-order valence-corrected chi connectivity index (χ4v) is 8.38. The molecule has 10 heteroatoms. The molecule has 1 aliphatic carbocycles. The Kier molecular flexibility index (Phi) is 7.38. The number of benzene rings is 4. The second kappa shape index (κ2) is 11.1. The van der Waals surface area contributed by atoms with Gasteiger partial charge in [-0.25, -0.2) is 0 Å². The van der Waals surface area contributed by atoms with E-state index in [9.17, 15) is 4.79 Å². The first-order valence-electron chi connectivity index (χ1n) is 15.5. The van der Waals surface area contributed by atoms with E-state index in [1.165, 1.54) is 48.5 Å². The summed E-state index contributed by atoms with van der Waals surface area (Å²) in [5.74, 6) is -8.21. The first-order valence-corrected chi connectivity index (χ1v) is 16.2. The van der Waals surface area contributed by atoms with Gasteiger partial charge < -0.3 is 15.4 Å². The number of rotatable bonds is 5. The number of hydrogen-bond acceptors (Lipinski definition) is 6. The molecule has 2 aliphatic heterocycles. The van der Waals surface area contributed by atoms with E-state index < -0.39 is 63.5 Å². The van der Waals surface area contributed by atoms with Crippen molar-refractivity contribution in [1.29, 1.82) is 0 Å². The molecule has 4 atom stereocenters. The van der Waals surface area contributed by atoms with Gasteiger partial charge in [0.15, 0.2) is 11.6 Å². The van der Waals surface area contributed by atoms with Crippen LogP contribution in [0.2, 0.25) is 10.0 Å². The highest BCUT2D eigenvalue weighted by atomic mass is 35.5. The van der Waals surface area contributed by atoms with Gasteiger partial charge in [0.25, 0.3) is 0 Å². The lowest BCUT2D eigenvalue weighted by Crippen LogP contribution is -2.60. The molecule has 4 unspecified atom stereocenters. The van der Waals surface area contributed by atoms with Crippen molar-refractivity contribution in [3.63, 3.8) is 0 Å². The van der Waals surface area contributed by atoms with Crippen molar-refractivity contribution in [2.24, 2.45) is 17.8 Å². The summed E-state index contributed by atoms with van der Waals surface area (Å²) in [5.41, 5.74) is -3.51. The highest BCUT2D eigenvalue weighted by molar-refractivity contribution is 6.31. The number of fused-ring (bicyclic) bond motifs is 5. The molecule has 4 aromatic carbocycles. The van der Waals surface area contributed by atoms with Crippen LogP contribution in [0.1, 0.15) is 52.6 Å².